The predicted molar refractivity (Wildman–Crippen MR) is 140 cm³/mol. The number of carbonyl (C=O) groups excluding carboxylic acids is 3. The average Bonchev–Trinajstić information content (AvgIpc) is 3.03. The summed E-state index contributed by atoms with van der Waals surface area (Å²) in [7, 11) is 0. The number of nitrogens with one attached hydrogen (secondary N) is 1. The van der Waals surface area contributed by atoms with Crippen LogP contribution in [0.4, 0.5) is 11.4 Å². The summed E-state index contributed by atoms with van der Waals surface area (Å²) in [6.45, 7) is 3.82. The monoisotopic (exact) mass is 586 g/mol. The van der Waals surface area contributed by atoms with Gasteiger partial charge in [-0.2, -0.15) is 0 Å². The van der Waals surface area contributed by atoms with Gasteiger partial charge in [-0.05, 0) is 95.6 Å². The van der Waals surface area contributed by atoms with Crippen molar-refractivity contribution in [3.8, 4) is 5.75 Å². The van der Waals surface area contributed by atoms with Gasteiger partial charge in [-0.15, -0.1) is 0 Å². The van der Waals surface area contributed by atoms with E-state index in [0.29, 0.717) is 22.7 Å². The van der Waals surface area contributed by atoms with E-state index in [1.807, 2.05) is 44.2 Å². The average molecular weight is 587 g/mol. The first kappa shape index (κ1) is 24.0. The zero-order chi connectivity index (χ0) is 24.4. The van der Waals surface area contributed by atoms with Crippen molar-refractivity contribution in [3.05, 3.63) is 97.7 Å². The van der Waals surface area contributed by atoms with Crippen LogP contribution in [0.1, 0.15) is 28.4 Å². The molecule has 4 rings (SSSR count). The number of benzene rings is 3. The van der Waals surface area contributed by atoms with E-state index in [2.05, 4.69) is 27.9 Å². The van der Waals surface area contributed by atoms with Gasteiger partial charge in [0.1, 0.15) is 16.5 Å². The molecule has 1 heterocycles. The molecule has 6 nitrogen and oxygen atoms in total. The van der Waals surface area contributed by atoms with Gasteiger partial charge in [-0.1, -0.05) is 36.7 Å². The highest BCUT2D eigenvalue weighted by Gasteiger charge is 2.39. The lowest BCUT2D eigenvalue weighted by molar-refractivity contribution is -0.120. The van der Waals surface area contributed by atoms with E-state index in [-0.39, 0.29) is 10.7 Å². The fourth-order valence-electron chi connectivity index (χ4n) is 3.59. The van der Waals surface area contributed by atoms with Gasteiger partial charge >= 0.3 is 5.97 Å². The Morgan fingerprint density at radius 2 is 1.74 bits per heavy atom. The molecule has 172 valence electrons. The van der Waals surface area contributed by atoms with Crippen LogP contribution in [0.5, 0.6) is 5.75 Å². The van der Waals surface area contributed by atoms with Crippen molar-refractivity contribution in [3.63, 3.8) is 0 Å². The number of ether oxygens (including phenoxy) is 1. The Bertz CT molecular complexity index is 1330. The van der Waals surface area contributed by atoms with Gasteiger partial charge < -0.3 is 10.1 Å². The molecule has 0 bridgehead atoms. The summed E-state index contributed by atoms with van der Waals surface area (Å²) in [5.74, 6) is -1.10. The summed E-state index contributed by atoms with van der Waals surface area (Å²) < 4.78 is 6.52. The molecule has 8 heteroatoms. The SMILES string of the molecule is CCc1ccccc1OC(=O)c1ccc(NC2=C(Cl)C(=O)N(c3ccc(I)cc3C)C2=O)cc1. The second kappa shape index (κ2) is 9.99. The number of rotatable bonds is 6. The van der Waals surface area contributed by atoms with Crippen molar-refractivity contribution < 1.29 is 19.1 Å². The molecule has 1 aliphatic rings. The molecule has 0 saturated heterocycles. The fraction of sp³-hybridized carbons (Fsp3) is 0.115. The number of hydrogen-bond acceptors (Lipinski definition) is 5. The molecular formula is C26H20ClIN2O4. The van der Waals surface area contributed by atoms with Gasteiger partial charge in [0.25, 0.3) is 11.8 Å². The maximum atomic E-state index is 13.0. The Balaban J connectivity index is 1.50. The molecule has 0 unspecified atom stereocenters. The van der Waals surface area contributed by atoms with Crippen LogP contribution in [-0.2, 0) is 16.0 Å². The molecule has 0 fully saturated rings. The van der Waals surface area contributed by atoms with Gasteiger partial charge in [0.05, 0.1) is 11.3 Å². The quantitative estimate of drug-likeness (QED) is 0.171. The van der Waals surface area contributed by atoms with E-state index >= 15 is 0 Å². The molecule has 0 saturated carbocycles. The largest absolute Gasteiger partial charge is 0.423 e. The Kier molecular flexibility index (Phi) is 7.04. The number of carbonyl (C=O) groups is 3. The van der Waals surface area contributed by atoms with E-state index in [0.717, 1.165) is 26.0 Å². The Hall–Kier alpha value is -3.17. The van der Waals surface area contributed by atoms with E-state index < -0.39 is 17.8 Å². The standard InChI is InChI=1S/C26H20ClIN2O4/c1-3-16-6-4-5-7-21(16)34-26(33)17-8-11-19(12-9-17)29-23-22(27)24(31)30(25(23)32)20-13-10-18(28)14-15(20)2/h4-14,29H,3H2,1-2H3. The second-order valence-corrected chi connectivity index (χ2v) is 9.24. The molecule has 3 aromatic carbocycles. The summed E-state index contributed by atoms with van der Waals surface area (Å²) in [6.07, 6.45) is 0.744. The molecule has 0 aromatic heterocycles. The maximum absolute atomic E-state index is 13.0. The summed E-state index contributed by atoms with van der Waals surface area (Å²) in [4.78, 5) is 39.4. The first-order chi connectivity index (χ1) is 16.3. The van der Waals surface area contributed by atoms with Crippen LogP contribution in [0.15, 0.2) is 77.5 Å². The third-order valence-corrected chi connectivity index (χ3v) is 6.39. The molecule has 2 amide bonds. The molecule has 0 radical (unpaired) electrons. The van der Waals surface area contributed by atoms with Crippen molar-refractivity contribution in [2.75, 3.05) is 10.2 Å². The number of aryl methyl sites for hydroxylation is 2. The van der Waals surface area contributed by atoms with Crippen LogP contribution in [0.2, 0.25) is 0 Å². The molecule has 0 aliphatic carbocycles. The number of halogens is 2. The number of para-hydroxylation sites is 1. The van der Waals surface area contributed by atoms with Gasteiger partial charge in [0.2, 0.25) is 0 Å². The second-order valence-electron chi connectivity index (χ2n) is 7.62. The van der Waals surface area contributed by atoms with Crippen molar-refractivity contribution in [2.24, 2.45) is 0 Å². The van der Waals surface area contributed by atoms with Crippen LogP contribution in [0.3, 0.4) is 0 Å². The number of hydrogen-bond donors (Lipinski definition) is 1. The summed E-state index contributed by atoms with van der Waals surface area (Å²) in [6, 6.07) is 19.2. The topological polar surface area (TPSA) is 75.7 Å². The van der Waals surface area contributed by atoms with Crippen LogP contribution >= 0.6 is 34.2 Å². The zero-order valence-electron chi connectivity index (χ0n) is 18.4. The van der Waals surface area contributed by atoms with Crippen LogP contribution < -0.4 is 15.0 Å². The lowest BCUT2D eigenvalue weighted by Crippen LogP contribution is -2.32. The molecule has 0 spiro atoms. The van der Waals surface area contributed by atoms with Crippen molar-refractivity contribution in [2.45, 2.75) is 20.3 Å². The lowest BCUT2D eigenvalue weighted by Gasteiger charge is -2.17. The predicted octanol–water partition coefficient (Wildman–Crippen LogP) is 5.82. The minimum absolute atomic E-state index is 0.0168. The molecule has 1 aliphatic heterocycles. The van der Waals surface area contributed by atoms with Gasteiger partial charge in [0.15, 0.2) is 0 Å². The molecule has 1 N–H and O–H groups in total. The Morgan fingerprint density at radius 3 is 2.41 bits per heavy atom. The third-order valence-electron chi connectivity index (χ3n) is 5.37. The zero-order valence-corrected chi connectivity index (χ0v) is 21.3. The third kappa shape index (κ3) is 4.71. The highest BCUT2D eigenvalue weighted by Crippen LogP contribution is 2.32. The van der Waals surface area contributed by atoms with Gasteiger partial charge in [0, 0.05) is 9.26 Å². The minimum Gasteiger partial charge on any atom is -0.423 e. The molecule has 3 aromatic rings. The number of amides is 2. The Labute approximate surface area is 215 Å². The highest BCUT2D eigenvalue weighted by atomic mass is 127. The number of esters is 1. The van der Waals surface area contributed by atoms with E-state index in [1.54, 1.807) is 36.4 Å². The van der Waals surface area contributed by atoms with E-state index in [1.165, 1.54) is 0 Å². The summed E-state index contributed by atoms with van der Waals surface area (Å²) in [5, 5.41) is 2.73. The number of anilines is 2. The van der Waals surface area contributed by atoms with Crippen LogP contribution in [-0.4, -0.2) is 17.8 Å². The first-order valence-corrected chi connectivity index (χ1v) is 12.0. The van der Waals surface area contributed by atoms with Crippen LogP contribution in [0.25, 0.3) is 0 Å². The number of nitrogens with zero attached hydrogens (tertiary/aromatic N) is 1. The number of imide groups is 1. The van der Waals surface area contributed by atoms with Crippen LogP contribution in [0, 0.1) is 10.5 Å². The normalized spacial score (nSPS) is 13.5. The lowest BCUT2D eigenvalue weighted by atomic mass is 10.1. The molecule has 34 heavy (non-hydrogen) atoms. The van der Waals surface area contributed by atoms with E-state index in [4.69, 9.17) is 16.3 Å². The highest BCUT2D eigenvalue weighted by molar-refractivity contribution is 14.1. The minimum atomic E-state index is -0.590. The Morgan fingerprint density at radius 1 is 1.03 bits per heavy atom. The van der Waals surface area contributed by atoms with Crippen molar-refractivity contribution in [1.29, 1.82) is 0 Å². The smallest absolute Gasteiger partial charge is 0.343 e. The first-order valence-electron chi connectivity index (χ1n) is 10.5. The fourth-order valence-corrected chi connectivity index (χ4v) is 4.45. The summed E-state index contributed by atoms with van der Waals surface area (Å²) in [5.41, 5.74) is 3.04. The molecule has 0 atom stereocenters. The van der Waals surface area contributed by atoms with E-state index in [9.17, 15) is 14.4 Å². The van der Waals surface area contributed by atoms with Gasteiger partial charge in [-0.3, -0.25) is 9.59 Å². The maximum Gasteiger partial charge on any atom is 0.343 e. The van der Waals surface area contributed by atoms with Gasteiger partial charge in [-0.25, -0.2) is 9.69 Å². The summed E-state index contributed by atoms with van der Waals surface area (Å²) >= 11 is 8.40. The molecular weight excluding hydrogens is 567 g/mol. The van der Waals surface area contributed by atoms with Crippen molar-refractivity contribution >= 4 is 63.4 Å². The van der Waals surface area contributed by atoms with Crippen molar-refractivity contribution in [1.82, 2.24) is 0 Å².